The summed E-state index contributed by atoms with van der Waals surface area (Å²) in [6.45, 7) is 8.93. The van der Waals surface area contributed by atoms with Crippen molar-refractivity contribution >= 4 is 0 Å². The van der Waals surface area contributed by atoms with Crippen LogP contribution in [0.4, 0.5) is 0 Å². The van der Waals surface area contributed by atoms with Crippen LogP contribution in [0.2, 0.25) is 0 Å². The molecule has 1 aliphatic heterocycles. The third-order valence-corrected chi connectivity index (χ3v) is 4.22. The molecule has 0 radical (unpaired) electrons. The molecule has 0 spiro atoms. The lowest BCUT2D eigenvalue weighted by Crippen LogP contribution is -2.51. The lowest BCUT2D eigenvalue weighted by Gasteiger charge is -2.39. The van der Waals surface area contributed by atoms with Gasteiger partial charge in [0.2, 0.25) is 0 Å². The van der Waals surface area contributed by atoms with Gasteiger partial charge in [0.15, 0.2) is 0 Å². The van der Waals surface area contributed by atoms with Crippen LogP contribution in [0, 0.1) is 13.8 Å². The first-order valence-corrected chi connectivity index (χ1v) is 7.19. The summed E-state index contributed by atoms with van der Waals surface area (Å²) in [5.41, 5.74) is 4.15. The Balaban J connectivity index is 2.01. The molecule has 1 aromatic carbocycles. The van der Waals surface area contributed by atoms with Crippen LogP contribution in [-0.2, 0) is 6.54 Å². The van der Waals surface area contributed by atoms with Gasteiger partial charge in [-0.1, -0.05) is 23.8 Å². The van der Waals surface area contributed by atoms with Gasteiger partial charge in [0.25, 0.3) is 0 Å². The zero-order chi connectivity index (χ0) is 13.8. The molecule has 0 aromatic heterocycles. The fraction of sp³-hybridized carbons (Fsp3) is 0.625. The van der Waals surface area contributed by atoms with E-state index in [2.05, 4.69) is 48.9 Å². The smallest absolute Gasteiger partial charge is 0.0446 e. The second-order valence-electron chi connectivity index (χ2n) is 5.81. The highest BCUT2D eigenvalue weighted by Gasteiger charge is 2.23. The van der Waals surface area contributed by atoms with Gasteiger partial charge >= 0.3 is 0 Å². The number of likely N-dealkylation sites (N-methyl/N-ethyl adjacent to an activating group) is 1. The third kappa shape index (κ3) is 3.78. The highest BCUT2D eigenvalue weighted by atomic mass is 16.3. The Morgan fingerprint density at radius 3 is 2.79 bits per heavy atom. The number of aryl methyl sites for hydroxylation is 2. The maximum atomic E-state index is 9.15. The minimum Gasteiger partial charge on any atom is -0.396 e. The molecule has 0 unspecified atom stereocenters. The summed E-state index contributed by atoms with van der Waals surface area (Å²) in [5, 5.41) is 9.15. The van der Waals surface area contributed by atoms with E-state index in [9.17, 15) is 0 Å². The zero-order valence-corrected chi connectivity index (χ0v) is 12.4. The van der Waals surface area contributed by atoms with Crippen molar-refractivity contribution in [2.45, 2.75) is 32.9 Å². The third-order valence-electron chi connectivity index (χ3n) is 4.22. The SMILES string of the molecule is Cc1ccc(C)c(CN2CCN(C)[C@H](CCO)C2)c1. The van der Waals surface area contributed by atoms with E-state index in [1.165, 1.54) is 16.7 Å². The van der Waals surface area contributed by atoms with Gasteiger partial charge in [-0.3, -0.25) is 4.90 Å². The highest BCUT2D eigenvalue weighted by molar-refractivity contribution is 5.30. The molecule has 1 heterocycles. The van der Waals surface area contributed by atoms with Crippen LogP contribution in [0.5, 0.6) is 0 Å². The second-order valence-corrected chi connectivity index (χ2v) is 5.81. The van der Waals surface area contributed by atoms with E-state index < -0.39 is 0 Å². The molecule has 2 rings (SSSR count). The van der Waals surface area contributed by atoms with Crippen molar-refractivity contribution in [2.75, 3.05) is 33.3 Å². The molecule has 1 atom stereocenters. The number of nitrogens with zero attached hydrogens (tertiary/aromatic N) is 2. The van der Waals surface area contributed by atoms with Crippen molar-refractivity contribution in [1.82, 2.24) is 9.80 Å². The van der Waals surface area contributed by atoms with Crippen LogP contribution in [0.15, 0.2) is 18.2 Å². The maximum Gasteiger partial charge on any atom is 0.0446 e. The molecule has 106 valence electrons. The Hall–Kier alpha value is -0.900. The summed E-state index contributed by atoms with van der Waals surface area (Å²) in [5.74, 6) is 0. The topological polar surface area (TPSA) is 26.7 Å². The summed E-state index contributed by atoms with van der Waals surface area (Å²) in [6.07, 6.45) is 0.875. The van der Waals surface area contributed by atoms with E-state index in [0.717, 1.165) is 32.6 Å². The molecule has 1 saturated heterocycles. The second kappa shape index (κ2) is 6.51. The molecular formula is C16H26N2O. The van der Waals surface area contributed by atoms with E-state index in [4.69, 9.17) is 5.11 Å². The number of rotatable bonds is 4. The van der Waals surface area contributed by atoms with Gasteiger partial charge in [0.05, 0.1) is 0 Å². The molecule has 19 heavy (non-hydrogen) atoms. The molecular weight excluding hydrogens is 236 g/mol. The van der Waals surface area contributed by atoms with Crippen molar-refractivity contribution in [3.8, 4) is 0 Å². The predicted octanol–water partition coefficient (Wildman–Crippen LogP) is 1.80. The number of hydrogen-bond acceptors (Lipinski definition) is 3. The van der Waals surface area contributed by atoms with Gasteiger partial charge in [-0.15, -0.1) is 0 Å². The van der Waals surface area contributed by atoms with Gasteiger partial charge in [0, 0.05) is 38.8 Å². The van der Waals surface area contributed by atoms with E-state index in [-0.39, 0.29) is 6.61 Å². The first-order chi connectivity index (χ1) is 9.10. The van der Waals surface area contributed by atoms with Gasteiger partial charge in [-0.2, -0.15) is 0 Å². The average Bonchev–Trinajstić information content (AvgIpc) is 2.38. The Morgan fingerprint density at radius 2 is 2.05 bits per heavy atom. The van der Waals surface area contributed by atoms with Gasteiger partial charge in [0.1, 0.15) is 0 Å². The van der Waals surface area contributed by atoms with Crippen molar-refractivity contribution in [2.24, 2.45) is 0 Å². The fourth-order valence-electron chi connectivity index (χ4n) is 2.83. The van der Waals surface area contributed by atoms with Gasteiger partial charge in [-0.05, 0) is 38.4 Å². The molecule has 1 aliphatic rings. The van der Waals surface area contributed by atoms with E-state index in [0.29, 0.717) is 6.04 Å². The molecule has 1 aromatic rings. The lowest BCUT2D eigenvalue weighted by molar-refractivity contribution is 0.0742. The zero-order valence-electron chi connectivity index (χ0n) is 12.4. The van der Waals surface area contributed by atoms with E-state index in [1.807, 2.05) is 0 Å². The van der Waals surface area contributed by atoms with Crippen LogP contribution in [-0.4, -0.2) is 54.2 Å². The minimum absolute atomic E-state index is 0.284. The quantitative estimate of drug-likeness (QED) is 0.896. The predicted molar refractivity (Wildman–Crippen MR) is 79.3 cm³/mol. The Kier molecular flexibility index (Phi) is 4.97. The summed E-state index contributed by atoms with van der Waals surface area (Å²) in [4.78, 5) is 4.89. The molecule has 0 bridgehead atoms. The molecule has 1 N–H and O–H groups in total. The normalized spacial score (nSPS) is 21.8. The van der Waals surface area contributed by atoms with E-state index in [1.54, 1.807) is 0 Å². The Morgan fingerprint density at radius 1 is 1.26 bits per heavy atom. The lowest BCUT2D eigenvalue weighted by atomic mass is 10.0. The van der Waals surface area contributed by atoms with Crippen LogP contribution < -0.4 is 0 Å². The summed E-state index contributed by atoms with van der Waals surface area (Å²) in [7, 11) is 2.16. The van der Waals surface area contributed by atoms with E-state index >= 15 is 0 Å². The molecule has 3 nitrogen and oxygen atoms in total. The molecule has 1 fully saturated rings. The number of aliphatic hydroxyl groups is 1. The van der Waals surface area contributed by atoms with Crippen molar-refractivity contribution in [3.05, 3.63) is 34.9 Å². The first kappa shape index (κ1) is 14.5. The Bertz CT molecular complexity index is 419. The van der Waals surface area contributed by atoms with Crippen molar-refractivity contribution in [3.63, 3.8) is 0 Å². The molecule has 3 heteroatoms. The van der Waals surface area contributed by atoms with Gasteiger partial charge < -0.3 is 10.0 Å². The van der Waals surface area contributed by atoms with Crippen LogP contribution in [0.3, 0.4) is 0 Å². The molecule has 0 saturated carbocycles. The van der Waals surface area contributed by atoms with Crippen molar-refractivity contribution < 1.29 is 5.11 Å². The monoisotopic (exact) mass is 262 g/mol. The fourth-order valence-corrected chi connectivity index (χ4v) is 2.83. The minimum atomic E-state index is 0.284. The van der Waals surface area contributed by atoms with Gasteiger partial charge in [-0.25, -0.2) is 0 Å². The first-order valence-electron chi connectivity index (χ1n) is 7.19. The van der Waals surface area contributed by atoms with Crippen LogP contribution >= 0.6 is 0 Å². The Labute approximate surface area is 116 Å². The maximum absolute atomic E-state index is 9.15. The average molecular weight is 262 g/mol. The number of piperazine rings is 1. The van der Waals surface area contributed by atoms with Crippen LogP contribution in [0.25, 0.3) is 0 Å². The van der Waals surface area contributed by atoms with Crippen LogP contribution in [0.1, 0.15) is 23.1 Å². The molecule has 0 aliphatic carbocycles. The summed E-state index contributed by atoms with van der Waals surface area (Å²) in [6, 6.07) is 7.18. The van der Waals surface area contributed by atoms with Crippen molar-refractivity contribution in [1.29, 1.82) is 0 Å². The molecule has 0 amide bonds. The number of hydrogen-bond donors (Lipinski definition) is 1. The standard InChI is InChI=1S/C16H26N2O/c1-13-4-5-14(2)15(10-13)11-18-8-7-17(3)16(12-18)6-9-19/h4-5,10,16,19H,6-9,11-12H2,1-3H3/t16-/m1/s1. The summed E-state index contributed by atoms with van der Waals surface area (Å²) >= 11 is 0. The number of benzene rings is 1. The number of aliphatic hydroxyl groups excluding tert-OH is 1. The largest absolute Gasteiger partial charge is 0.396 e. The highest BCUT2D eigenvalue weighted by Crippen LogP contribution is 2.17. The summed E-state index contributed by atoms with van der Waals surface area (Å²) < 4.78 is 0.